The molecule has 1 heterocycles. The molecule has 19 heavy (non-hydrogen) atoms. The molecule has 1 saturated carbocycles. The zero-order valence-electron chi connectivity index (χ0n) is 11.2. The number of nitrogens with one attached hydrogen (secondary N) is 1. The summed E-state index contributed by atoms with van der Waals surface area (Å²) in [5, 5.41) is 2.98. The number of nitrogens with two attached hydrogens (primary N) is 1. The molecule has 1 aliphatic carbocycles. The normalized spacial score (nSPS) is 17.6. The molecule has 6 heteroatoms. The van der Waals surface area contributed by atoms with Crippen LogP contribution in [0, 0.1) is 0 Å². The molecule has 1 aromatic rings. The summed E-state index contributed by atoms with van der Waals surface area (Å²) in [5.74, 6) is 1.25. The number of oxazole rings is 1. The third kappa shape index (κ3) is 3.98. The number of carbonyl (C=O) groups excluding carboxylic acids is 1. The number of amides is 1. The van der Waals surface area contributed by atoms with Gasteiger partial charge in [0.2, 0.25) is 5.89 Å². The Balaban J connectivity index is 1.90. The van der Waals surface area contributed by atoms with Gasteiger partial charge < -0.3 is 15.5 Å². The summed E-state index contributed by atoms with van der Waals surface area (Å²) in [7, 11) is 0. The van der Waals surface area contributed by atoms with Gasteiger partial charge in [0, 0.05) is 6.04 Å². The summed E-state index contributed by atoms with van der Waals surface area (Å²) in [4.78, 5) is 16.2. The number of nitrogens with zero attached hydrogens (tertiary/aromatic N) is 1. The summed E-state index contributed by atoms with van der Waals surface area (Å²) in [6.45, 7) is 0. The van der Waals surface area contributed by atoms with Crippen LogP contribution in [0.5, 0.6) is 0 Å². The lowest BCUT2D eigenvalue weighted by Crippen LogP contribution is -2.32. The lowest BCUT2D eigenvalue weighted by atomic mass is 10.2. The number of hydrogen-bond acceptors (Lipinski definition) is 5. The summed E-state index contributed by atoms with van der Waals surface area (Å²) >= 11 is 1.73. The first-order valence-electron chi connectivity index (χ1n) is 6.71. The van der Waals surface area contributed by atoms with E-state index >= 15 is 0 Å². The van der Waals surface area contributed by atoms with Gasteiger partial charge in [0.25, 0.3) is 5.91 Å². The highest BCUT2D eigenvalue weighted by Gasteiger charge is 2.21. The number of aromatic nitrogens is 1. The van der Waals surface area contributed by atoms with Crippen LogP contribution in [0.25, 0.3) is 0 Å². The Bertz CT molecular complexity index is 416. The Morgan fingerprint density at radius 3 is 3.05 bits per heavy atom. The lowest BCUT2D eigenvalue weighted by molar-refractivity contribution is 0.0932. The lowest BCUT2D eigenvalue weighted by Gasteiger charge is -2.09. The monoisotopic (exact) mass is 283 g/mol. The van der Waals surface area contributed by atoms with Crippen molar-refractivity contribution in [3.05, 3.63) is 17.8 Å². The van der Waals surface area contributed by atoms with E-state index in [-0.39, 0.29) is 18.0 Å². The number of hydrogen-bond donors (Lipinski definition) is 2. The van der Waals surface area contributed by atoms with Crippen LogP contribution < -0.4 is 11.1 Å². The Morgan fingerprint density at radius 2 is 2.37 bits per heavy atom. The fourth-order valence-electron chi connectivity index (χ4n) is 2.26. The van der Waals surface area contributed by atoms with E-state index in [9.17, 15) is 4.79 Å². The molecule has 0 spiro atoms. The summed E-state index contributed by atoms with van der Waals surface area (Å²) in [5.41, 5.74) is 6.29. The molecule has 0 radical (unpaired) electrons. The van der Waals surface area contributed by atoms with Crippen molar-refractivity contribution < 1.29 is 9.21 Å². The molecule has 1 fully saturated rings. The average Bonchev–Trinajstić information content (AvgIpc) is 3.06. The minimum Gasteiger partial charge on any atom is -0.446 e. The summed E-state index contributed by atoms with van der Waals surface area (Å²) in [6.07, 6.45) is 8.73. The second kappa shape index (κ2) is 6.96. The Morgan fingerprint density at radius 1 is 1.63 bits per heavy atom. The van der Waals surface area contributed by atoms with Crippen molar-refractivity contribution in [2.24, 2.45) is 5.73 Å². The number of carbonyl (C=O) groups is 1. The van der Waals surface area contributed by atoms with Crippen molar-refractivity contribution in [3.63, 3.8) is 0 Å². The first-order valence-corrected chi connectivity index (χ1v) is 8.11. The molecular formula is C13H21N3O2S. The molecule has 0 aliphatic heterocycles. The Labute approximate surface area is 117 Å². The van der Waals surface area contributed by atoms with E-state index in [1.165, 1.54) is 19.1 Å². The van der Waals surface area contributed by atoms with Gasteiger partial charge in [-0.2, -0.15) is 11.8 Å². The molecule has 0 saturated heterocycles. The average molecular weight is 283 g/mol. The van der Waals surface area contributed by atoms with Gasteiger partial charge in [-0.3, -0.25) is 4.79 Å². The van der Waals surface area contributed by atoms with E-state index in [4.69, 9.17) is 10.2 Å². The minimum atomic E-state index is -0.236. The quantitative estimate of drug-likeness (QED) is 0.835. The minimum absolute atomic E-state index is 0.154. The molecule has 1 unspecified atom stereocenters. The van der Waals surface area contributed by atoms with Crippen molar-refractivity contribution >= 4 is 17.7 Å². The molecule has 2 rings (SSSR count). The van der Waals surface area contributed by atoms with Gasteiger partial charge in [0.1, 0.15) is 6.26 Å². The topological polar surface area (TPSA) is 81.1 Å². The third-order valence-electron chi connectivity index (χ3n) is 3.40. The second-order valence-corrected chi connectivity index (χ2v) is 5.90. The van der Waals surface area contributed by atoms with Crippen molar-refractivity contribution in [1.82, 2.24) is 10.3 Å². The van der Waals surface area contributed by atoms with Crippen LogP contribution in [0.4, 0.5) is 0 Å². The van der Waals surface area contributed by atoms with Gasteiger partial charge in [0.05, 0.1) is 6.04 Å². The molecule has 1 atom stereocenters. The highest BCUT2D eigenvalue weighted by Crippen LogP contribution is 2.19. The van der Waals surface area contributed by atoms with E-state index in [0.29, 0.717) is 11.6 Å². The zero-order valence-corrected chi connectivity index (χ0v) is 12.0. The van der Waals surface area contributed by atoms with Gasteiger partial charge in [-0.25, -0.2) is 4.98 Å². The molecule has 3 N–H and O–H groups in total. The van der Waals surface area contributed by atoms with E-state index in [0.717, 1.165) is 25.0 Å². The number of rotatable bonds is 6. The van der Waals surface area contributed by atoms with Crippen LogP contribution in [0.1, 0.15) is 54.5 Å². The Kier molecular flexibility index (Phi) is 5.27. The molecule has 1 amide bonds. The molecule has 0 aromatic carbocycles. The first kappa shape index (κ1) is 14.4. The molecule has 0 bridgehead atoms. The van der Waals surface area contributed by atoms with Gasteiger partial charge in [0.15, 0.2) is 5.69 Å². The third-order valence-corrected chi connectivity index (χ3v) is 4.04. The van der Waals surface area contributed by atoms with Gasteiger partial charge in [-0.15, -0.1) is 0 Å². The predicted octanol–water partition coefficient (Wildman–Crippen LogP) is 2.10. The van der Waals surface area contributed by atoms with Crippen LogP contribution >= 0.6 is 11.8 Å². The van der Waals surface area contributed by atoms with Crippen LogP contribution in [0.3, 0.4) is 0 Å². The SMILES string of the molecule is CSCCC(N)c1nc(C(=O)NC2CCCC2)co1. The fraction of sp³-hybridized carbons (Fsp3) is 0.692. The van der Waals surface area contributed by atoms with Crippen molar-refractivity contribution in [3.8, 4) is 0 Å². The van der Waals surface area contributed by atoms with Gasteiger partial charge in [-0.1, -0.05) is 12.8 Å². The molecule has 1 aliphatic rings. The van der Waals surface area contributed by atoms with Crippen LogP contribution in [-0.4, -0.2) is 28.9 Å². The van der Waals surface area contributed by atoms with Crippen LogP contribution in [0.2, 0.25) is 0 Å². The van der Waals surface area contributed by atoms with Crippen molar-refractivity contribution in [2.75, 3.05) is 12.0 Å². The standard InChI is InChI=1S/C13H21N3O2S/c1-19-7-6-10(14)13-16-11(8-18-13)12(17)15-9-4-2-3-5-9/h8-10H,2-7,14H2,1H3,(H,15,17). The maximum Gasteiger partial charge on any atom is 0.273 e. The largest absolute Gasteiger partial charge is 0.446 e. The highest BCUT2D eigenvalue weighted by atomic mass is 32.2. The van der Waals surface area contributed by atoms with Crippen LogP contribution in [-0.2, 0) is 0 Å². The number of thioether (sulfide) groups is 1. The predicted molar refractivity (Wildman–Crippen MR) is 76.2 cm³/mol. The molecule has 106 valence electrons. The van der Waals surface area contributed by atoms with E-state index in [1.807, 2.05) is 6.26 Å². The maximum atomic E-state index is 12.0. The highest BCUT2D eigenvalue weighted by molar-refractivity contribution is 7.98. The molecular weight excluding hydrogens is 262 g/mol. The Hall–Kier alpha value is -1.01. The van der Waals surface area contributed by atoms with Crippen LogP contribution in [0.15, 0.2) is 10.7 Å². The second-order valence-electron chi connectivity index (χ2n) is 4.91. The van der Waals surface area contributed by atoms with Crippen molar-refractivity contribution in [1.29, 1.82) is 0 Å². The fourth-order valence-corrected chi connectivity index (χ4v) is 2.75. The first-order chi connectivity index (χ1) is 9.20. The smallest absolute Gasteiger partial charge is 0.273 e. The maximum absolute atomic E-state index is 12.0. The van der Waals surface area contributed by atoms with E-state index < -0.39 is 0 Å². The molecule has 5 nitrogen and oxygen atoms in total. The molecule has 1 aromatic heterocycles. The van der Waals surface area contributed by atoms with Crippen molar-refractivity contribution in [2.45, 2.75) is 44.2 Å². The van der Waals surface area contributed by atoms with Gasteiger partial charge >= 0.3 is 0 Å². The summed E-state index contributed by atoms with van der Waals surface area (Å²) in [6, 6.07) is 0.0540. The van der Waals surface area contributed by atoms with E-state index in [1.54, 1.807) is 11.8 Å². The van der Waals surface area contributed by atoms with Gasteiger partial charge in [-0.05, 0) is 31.3 Å². The summed E-state index contributed by atoms with van der Waals surface area (Å²) < 4.78 is 5.30. The van der Waals surface area contributed by atoms with E-state index in [2.05, 4.69) is 10.3 Å². The zero-order chi connectivity index (χ0) is 13.7.